The number of rotatable bonds is 6. The van der Waals surface area contributed by atoms with Gasteiger partial charge >= 0.3 is 0 Å². The topological polar surface area (TPSA) is 102 Å². The Hall–Kier alpha value is -3.16. The smallest absolute Gasteiger partial charge is 0.265 e. The number of fused-ring (bicyclic) bond motifs is 4. The van der Waals surface area contributed by atoms with E-state index in [0.29, 0.717) is 53.9 Å². The molecule has 2 aromatic heterocycles. The zero-order chi connectivity index (χ0) is 18.8. The van der Waals surface area contributed by atoms with E-state index in [1.807, 2.05) is 24.3 Å². The first kappa shape index (κ1) is 17.3. The van der Waals surface area contributed by atoms with Crippen molar-refractivity contribution in [3.63, 3.8) is 0 Å². The van der Waals surface area contributed by atoms with Gasteiger partial charge < -0.3 is 20.8 Å². The third-order valence-electron chi connectivity index (χ3n) is 4.48. The fourth-order valence-corrected chi connectivity index (χ4v) is 3.16. The van der Waals surface area contributed by atoms with Crippen LogP contribution < -0.4 is 21.9 Å². The molecule has 4 aromatic rings. The summed E-state index contributed by atoms with van der Waals surface area (Å²) in [6.07, 6.45) is 0. The van der Waals surface area contributed by atoms with Crippen LogP contribution in [0.3, 0.4) is 0 Å². The van der Waals surface area contributed by atoms with Crippen molar-refractivity contribution in [2.24, 2.45) is 5.73 Å². The molecule has 4 N–H and O–H groups in total. The molecule has 0 aliphatic heterocycles. The Morgan fingerprint density at radius 2 is 1.93 bits per heavy atom. The van der Waals surface area contributed by atoms with Crippen molar-refractivity contribution < 1.29 is 9.21 Å². The van der Waals surface area contributed by atoms with E-state index in [0.717, 1.165) is 5.39 Å². The Morgan fingerprint density at radius 3 is 2.78 bits per heavy atom. The highest BCUT2D eigenvalue weighted by molar-refractivity contribution is 5.98. The van der Waals surface area contributed by atoms with Gasteiger partial charge in [-0.25, -0.2) is 4.40 Å². The van der Waals surface area contributed by atoms with Gasteiger partial charge in [0.05, 0.1) is 5.52 Å². The highest BCUT2D eigenvalue weighted by atomic mass is 16.3. The van der Waals surface area contributed by atoms with Gasteiger partial charge in [0.1, 0.15) is 0 Å². The molecule has 0 spiro atoms. The average Bonchev–Trinajstić information content (AvgIpc) is 3.05. The molecule has 0 radical (unpaired) electrons. The van der Waals surface area contributed by atoms with Crippen molar-refractivity contribution in [3.8, 4) is 0 Å². The normalized spacial score (nSPS) is 11.4. The van der Waals surface area contributed by atoms with Crippen LogP contribution in [-0.4, -0.2) is 36.5 Å². The molecule has 7 heteroatoms. The first-order valence-corrected chi connectivity index (χ1v) is 8.85. The van der Waals surface area contributed by atoms with E-state index in [1.165, 1.54) is 4.40 Å². The molecule has 1 amide bonds. The van der Waals surface area contributed by atoms with E-state index in [-0.39, 0.29) is 11.5 Å². The van der Waals surface area contributed by atoms with Crippen LogP contribution in [-0.2, 0) is 0 Å². The van der Waals surface area contributed by atoms with Gasteiger partial charge in [0.2, 0.25) is 5.71 Å². The summed E-state index contributed by atoms with van der Waals surface area (Å²) in [6.45, 7) is 2.40. The van der Waals surface area contributed by atoms with E-state index >= 15 is 0 Å². The third kappa shape index (κ3) is 3.18. The number of oxazole rings is 1. The van der Waals surface area contributed by atoms with E-state index < -0.39 is 0 Å². The highest BCUT2D eigenvalue weighted by Gasteiger charge is 2.14. The second kappa shape index (κ2) is 7.22. The number of amides is 1. The van der Waals surface area contributed by atoms with Gasteiger partial charge in [-0.15, -0.1) is 0 Å². The van der Waals surface area contributed by atoms with Crippen molar-refractivity contribution in [2.45, 2.75) is 0 Å². The number of nitrogens with one attached hydrogen (secondary N) is 2. The number of nitrogens with two attached hydrogens (primary N) is 1. The van der Waals surface area contributed by atoms with Gasteiger partial charge in [-0.1, -0.05) is 18.2 Å². The van der Waals surface area contributed by atoms with Crippen molar-refractivity contribution >= 4 is 33.5 Å². The summed E-state index contributed by atoms with van der Waals surface area (Å²) in [5.74, 6) is -0.199. The molecule has 7 nitrogen and oxygen atoms in total. The summed E-state index contributed by atoms with van der Waals surface area (Å²) in [6, 6.07) is 14.3. The minimum atomic E-state index is -0.199. The molecule has 0 fully saturated rings. The fourth-order valence-electron chi connectivity index (χ4n) is 3.16. The molecule has 138 valence electrons. The van der Waals surface area contributed by atoms with Crippen molar-refractivity contribution in [2.75, 3.05) is 26.2 Å². The molecule has 0 bridgehead atoms. The van der Waals surface area contributed by atoms with Gasteiger partial charge in [0, 0.05) is 43.2 Å². The molecular weight excluding hydrogens is 344 g/mol. The quantitative estimate of drug-likeness (QED) is 0.450. The van der Waals surface area contributed by atoms with Crippen molar-refractivity contribution in [3.05, 3.63) is 64.4 Å². The molecule has 0 aliphatic rings. The summed E-state index contributed by atoms with van der Waals surface area (Å²) in [4.78, 5) is 25.3. The van der Waals surface area contributed by atoms with E-state index in [2.05, 4.69) is 10.6 Å². The fraction of sp³-hybridized carbons (Fsp3) is 0.200. The lowest BCUT2D eigenvalue weighted by atomic mass is 10.1. The number of benzene rings is 2. The maximum absolute atomic E-state index is 12.9. The molecule has 0 aliphatic carbocycles. The Bertz CT molecular complexity index is 1190. The molecule has 27 heavy (non-hydrogen) atoms. The number of hydrogen-bond donors (Lipinski definition) is 3. The first-order chi connectivity index (χ1) is 13.2. The minimum Gasteiger partial charge on any atom is -0.438 e. The minimum absolute atomic E-state index is 0.162. The maximum atomic E-state index is 12.9. The Morgan fingerprint density at radius 1 is 1.07 bits per heavy atom. The van der Waals surface area contributed by atoms with E-state index in [9.17, 15) is 9.59 Å². The van der Waals surface area contributed by atoms with Gasteiger partial charge in [-0.05, 0) is 29.7 Å². The predicted octanol–water partition coefficient (Wildman–Crippen LogP) is 1.48. The zero-order valence-electron chi connectivity index (χ0n) is 14.7. The van der Waals surface area contributed by atoms with Crippen LogP contribution in [0.5, 0.6) is 0 Å². The third-order valence-corrected chi connectivity index (χ3v) is 4.48. The van der Waals surface area contributed by atoms with Gasteiger partial charge in [0.15, 0.2) is 5.58 Å². The second-order valence-corrected chi connectivity index (χ2v) is 6.29. The number of aromatic nitrogens is 1. The average molecular weight is 364 g/mol. The molecule has 0 unspecified atom stereocenters. The lowest BCUT2D eigenvalue weighted by molar-refractivity contribution is 0.0954. The number of nitrogens with zero attached hydrogens (tertiary/aromatic N) is 1. The molecule has 2 aromatic carbocycles. The summed E-state index contributed by atoms with van der Waals surface area (Å²) in [7, 11) is 0. The zero-order valence-corrected chi connectivity index (χ0v) is 14.7. The Balaban J connectivity index is 1.71. The molecule has 0 saturated heterocycles. The van der Waals surface area contributed by atoms with Gasteiger partial charge in [-0.2, -0.15) is 0 Å². The number of carbonyl (C=O) groups is 1. The maximum Gasteiger partial charge on any atom is 0.265 e. The number of pyridine rings is 1. The number of hydrogen-bond acceptors (Lipinski definition) is 5. The second-order valence-electron chi connectivity index (χ2n) is 6.29. The van der Waals surface area contributed by atoms with Gasteiger partial charge in [-0.3, -0.25) is 9.59 Å². The van der Waals surface area contributed by atoms with Crippen molar-refractivity contribution in [1.82, 2.24) is 15.0 Å². The van der Waals surface area contributed by atoms with Crippen LogP contribution in [0.25, 0.3) is 27.6 Å². The molecule has 0 saturated carbocycles. The monoisotopic (exact) mass is 364 g/mol. The SMILES string of the molecule is NCCNCCNC(=O)c1ccc2oc3cc4ccccc4c(=O)n3c2c1. The molecule has 2 heterocycles. The van der Waals surface area contributed by atoms with Gasteiger partial charge in [0.25, 0.3) is 11.5 Å². The van der Waals surface area contributed by atoms with Crippen molar-refractivity contribution in [1.29, 1.82) is 0 Å². The van der Waals surface area contributed by atoms with Crippen LogP contribution in [0, 0.1) is 0 Å². The number of carbonyl (C=O) groups excluding carboxylic acids is 1. The van der Waals surface area contributed by atoms with E-state index in [1.54, 1.807) is 24.3 Å². The van der Waals surface area contributed by atoms with E-state index in [4.69, 9.17) is 10.2 Å². The molecular formula is C20H20N4O3. The highest BCUT2D eigenvalue weighted by Crippen LogP contribution is 2.23. The standard InChI is InChI=1S/C20H20N4O3/c21-7-8-22-9-10-23-19(25)14-5-6-17-16(11-14)24-18(27-17)12-13-3-1-2-4-15(13)20(24)26/h1-6,11-12,22H,7-10,21H2,(H,23,25). The van der Waals surface area contributed by atoms with Crippen LogP contribution in [0.1, 0.15) is 10.4 Å². The summed E-state index contributed by atoms with van der Waals surface area (Å²) in [5.41, 5.74) is 7.32. The lowest BCUT2D eigenvalue weighted by Crippen LogP contribution is -2.33. The first-order valence-electron chi connectivity index (χ1n) is 8.85. The summed E-state index contributed by atoms with van der Waals surface area (Å²) in [5, 5.41) is 7.40. The van der Waals surface area contributed by atoms with Crippen LogP contribution in [0.15, 0.2) is 57.7 Å². The largest absolute Gasteiger partial charge is 0.438 e. The molecule has 4 rings (SSSR count). The van der Waals surface area contributed by atoms with Crippen LogP contribution >= 0.6 is 0 Å². The summed E-state index contributed by atoms with van der Waals surface area (Å²) >= 11 is 0. The van der Waals surface area contributed by atoms with Crippen LogP contribution in [0.2, 0.25) is 0 Å². The Kier molecular flexibility index (Phi) is 4.62. The Labute approximate surface area is 154 Å². The predicted molar refractivity (Wildman–Crippen MR) is 105 cm³/mol. The molecule has 0 atom stereocenters. The summed E-state index contributed by atoms with van der Waals surface area (Å²) < 4.78 is 7.32. The van der Waals surface area contributed by atoms with Crippen LogP contribution in [0.4, 0.5) is 0 Å². The lowest BCUT2D eigenvalue weighted by Gasteiger charge is -2.06.